The van der Waals surface area contributed by atoms with E-state index in [-0.39, 0.29) is 5.41 Å². The molecule has 1 aliphatic carbocycles. The molecule has 1 aliphatic rings. The Bertz CT molecular complexity index is 373. The second kappa shape index (κ2) is 4.97. The summed E-state index contributed by atoms with van der Waals surface area (Å²) in [5.74, 6) is 1.88. The lowest BCUT2D eigenvalue weighted by molar-refractivity contribution is 0.428. The molecule has 1 heterocycles. The Morgan fingerprint density at radius 1 is 1.24 bits per heavy atom. The van der Waals surface area contributed by atoms with Crippen LogP contribution < -0.4 is 0 Å². The van der Waals surface area contributed by atoms with Crippen LogP contribution in [0.3, 0.4) is 0 Å². The fourth-order valence-electron chi connectivity index (χ4n) is 2.65. The van der Waals surface area contributed by atoms with Crippen molar-refractivity contribution < 1.29 is 0 Å². The highest BCUT2D eigenvalue weighted by Crippen LogP contribution is 2.29. The second-order valence-corrected chi connectivity index (χ2v) is 6.47. The van der Waals surface area contributed by atoms with E-state index in [1.54, 1.807) is 0 Å². The first kappa shape index (κ1) is 12.9. The molecule has 4 heteroatoms. The lowest BCUT2D eigenvalue weighted by atomic mass is 9.95. The minimum Gasteiger partial charge on any atom is -0.301 e. The molecule has 0 radical (unpaired) electrons. The SMILES string of the molecule is CC(C)(C)c1nnc(Cl)n1CCC1CCCC1. The van der Waals surface area contributed by atoms with Crippen molar-refractivity contribution in [2.24, 2.45) is 5.92 Å². The fourth-order valence-corrected chi connectivity index (χ4v) is 2.85. The standard InChI is InChI=1S/C13H22ClN3/c1-13(2,3)11-15-16-12(14)17(11)9-8-10-6-4-5-7-10/h10H,4-9H2,1-3H3. The van der Waals surface area contributed by atoms with Gasteiger partial charge in [0.25, 0.3) is 0 Å². The number of halogens is 1. The van der Waals surface area contributed by atoms with E-state index in [1.165, 1.54) is 32.1 Å². The zero-order chi connectivity index (χ0) is 12.5. The van der Waals surface area contributed by atoms with E-state index < -0.39 is 0 Å². The van der Waals surface area contributed by atoms with Crippen molar-refractivity contribution in [3.63, 3.8) is 0 Å². The summed E-state index contributed by atoms with van der Waals surface area (Å²) < 4.78 is 2.08. The third kappa shape index (κ3) is 3.01. The summed E-state index contributed by atoms with van der Waals surface area (Å²) in [6, 6.07) is 0. The van der Waals surface area contributed by atoms with Crippen LogP contribution in [-0.4, -0.2) is 14.8 Å². The highest BCUT2D eigenvalue weighted by molar-refractivity contribution is 6.28. The Hall–Kier alpha value is -0.570. The van der Waals surface area contributed by atoms with Gasteiger partial charge in [0.15, 0.2) is 0 Å². The molecular weight excluding hydrogens is 234 g/mol. The van der Waals surface area contributed by atoms with Crippen LogP contribution in [0.25, 0.3) is 0 Å². The van der Waals surface area contributed by atoms with E-state index in [0.29, 0.717) is 5.28 Å². The lowest BCUT2D eigenvalue weighted by Crippen LogP contribution is -2.20. The van der Waals surface area contributed by atoms with E-state index in [0.717, 1.165) is 18.3 Å². The smallest absolute Gasteiger partial charge is 0.225 e. The fraction of sp³-hybridized carbons (Fsp3) is 0.846. The molecule has 1 saturated carbocycles. The molecule has 1 aromatic heterocycles. The van der Waals surface area contributed by atoms with Crippen molar-refractivity contribution in [2.75, 3.05) is 0 Å². The zero-order valence-corrected chi connectivity index (χ0v) is 11.8. The van der Waals surface area contributed by atoms with Crippen molar-refractivity contribution in [1.82, 2.24) is 14.8 Å². The number of hydrogen-bond acceptors (Lipinski definition) is 2. The second-order valence-electron chi connectivity index (χ2n) is 6.13. The van der Waals surface area contributed by atoms with Crippen LogP contribution in [0.5, 0.6) is 0 Å². The minimum atomic E-state index is 0.00974. The normalized spacial score (nSPS) is 17.9. The highest BCUT2D eigenvalue weighted by Gasteiger charge is 2.24. The topological polar surface area (TPSA) is 30.7 Å². The summed E-state index contributed by atoms with van der Waals surface area (Å²) in [5.41, 5.74) is 0.00974. The number of aromatic nitrogens is 3. The number of hydrogen-bond donors (Lipinski definition) is 0. The molecule has 0 aromatic carbocycles. The van der Waals surface area contributed by atoms with Gasteiger partial charge in [0.1, 0.15) is 5.82 Å². The quantitative estimate of drug-likeness (QED) is 0.822. The predicted molar refractivity (Wildman–Crippen MR) is 70.3 cm³/mol. The van der Waals surface area contributed by atoms with Crippen LogP contribution in [-0.2, 0) is 12.0 Å². The van der Waals surface area contributed by atoms with E-state index in [1.807, 2.05) is 0 Å². The molecule has 3 nitrogen and oxygen atoms in total. The first-order valence-corrected chi connectivity index (χ1v) is 6.95. The molecule has 0 unspecified atom stereocenters. The van der Waals surface area contributed by atoms with Crippen molar-refractivity contribution in [2.45, 2.75) is 64.8 Å². The van der Waals surface area contributed by atoms with Crippen molar-refractivity contribution in [3.8, 4) is 0 Å². The van der Waals surface area contributed by atoms with Gasteiger partial charge in [-0.1, -0.05) is 46.5 Å². The number of rotatable bonds is 3. The van der Waals surface area contributed by atoms with Gasteiger partial charge in [0.05, 0.1) is 0 Å². The molecule has 17 heavy (non-hydrogen) atoms. The predicted octanol–water partition coefficient (Wildman–Crippen LogP) is 3.81. The van der Waals surface area contributed by atoms with Gasteiger partial charge in [0.2, 0.25) is 5.28 Å². The maximum absolute atomic E-state index is 6.13. The molecule has 0 spiro atoms. The third-order valence-corrected chi connectivity index (χ3v) is 3.89. The summed E-state index contributed by atoms with van der Waals surface area (Å²) >= 11 is 6.13. The summed E-state index contributed by atoms with van der Waals surface area (Å²) in [6.45, 7) is 7.42. The van der Waals surface area contributed by atoms with Gasteiger partial charge < -0.3 is 4.57 Å². The molecule has 0 aliphatic heterocycles. The van der Waals surface area contributed by atoms with Gasteiger partial charge in [-0.05, 0) is 23.9 Å². The first-order chi connectivity index (χ1) is 7.98. The van der Waals surface area contributed by atoms with Gasteiger partial charge in [-0.3, -0.25) is 0 Å². The number of nitrogens with zero attached hydrogens (tertiary/aromatic N) is 3. The molecule has 0 atom stereocenters. The van der Waals surface area contributed by atoms with Crippen molar-refractivity contribution >= 4 is 11.6 Å². The maximum atomic E-state index is 6.13. The molecule has 96 valence electrons. The minimum absolute atomic E-state index is 0.00974. The summed E-state index contributed by atoms with van der Waals surface area (Å²) in [7, 11) is 0. The van der Waals surface area contributed by atoms with Gasteiger partial charge in [-0.25, -0.2) is 0 Å². The maximum Gasteiger partial charge on any atom is 0.225 e. The van der Waals surface area contributed by atoms with E-state index in [2.05, 4.69) is 35.5 Å². The third-order valence-electron chi connectivity index (χ3n) is 3.61. The Morgan fingerprint density at radius 2 is 1.88 bits per heavy atom. The largest absolute Gasteiger partial charge is 0.301 e. The van der Waals surface area contributed by atoms with Gasteiger partial charge >= 0.3 is 0 Å². The van der Waals surface area contributed by atoms with E-state index >= 15 is 0 Å². The molecule has 0 amide bonds. The molecular formula is C13H22ClN3. The Kier molecular flexibility index (Phi) is 3.76. The first-order valence-electron chi connectivity index (χ1n) is 6.57. The van der Waals surface area contributed by atoms with Crippen LogP contribution >= 0.6 is 11.6 Å². The van der Waals surface area contributed by atoms with Crippen molar-refractivity contribution in [1.29, 1.82) is 0 Å². The van der Waals surface area contributed by atoms with E-state index in [9.17, 15) is 0 Å². The van der Waals surface area contributed by atoms with Gasteiger partial charge in [0, 0.05) is 12.0 Å². The monoisotopic (exact) mass is 255 g/mol. The summed E-state index contributed by atoms with van der Waals surface area (Å²) in [4.78, 5) is 0. The van der Waals surface area contributed by atoms with Crippen LogP contribution in [0.2, 0.25) is 5.28 Å². The lowest BCUT2D eigenvalue weighted by Gasteiger charge is -2.20. The molecule has 0 saturated heterocycles. The van der Waals surface area contributed by atoms with Gasteiger partial charge in [-0.2, -0.15) is 0 Å². The average Bonchev–Trinajstić information content (AvgIpc) is 2.83. The summed E-state index contributed by atoms with van der Waals surface area (Å²) in [5, 5.41) is 8.76. The molecule has 1 aromatic rings. The van der Waals surface area contributed by atoms with Crippen LogP contribution in [0.4, 0.5) is 0 Å². The molecule has 0 N–H and O–H groups in total. The Morgan fingerprint density at radius 3 is 2.47 bits per heavy atom. The molecule has 1 fully saturated rings. The van der Waals surface area contributed by atoms with Crippen molar-refractivity contribution in [3.05, 3.63) is 11.1 Å². The highest BCUT2D eigenvalue weighted by atomic mass is 35.5. The molecule has 0 bridgehead atoms. The van der Waals surface area contributed by atoms with Crippen LogP contribution in [0, 0.1) is 5.92 Å². The Balaban J connectivity index is 2.06. The molecule has 2 rings (SSSR count). The Labute approximate surface area is 109 Å². The average molecular weight is 256 g/mol. The van der Waals surface area contributed by atoms with Gasteiger partial charge in [-0.15, -0.1) is 10.2 Å². The van der Waals surface area contributed by atoms with Crippen LogP contribution in [0.15, 0.2) is 0 Å². The van der Waals surface area contributed by atoms with E-state index in [4.69, 9.17) is 11.6 Å². The summed E-state index contributed by atoms with van der Waals surface area (Å²) in [6.07, 6.45) is 6.76. The zero-order valence-electron chi connectivity index (χ0n) is 11.0. The van der Waals surface area contributed by atoms with Crippen LogP contribution in [0.1, 0.15) is 58.7 Å².